The average molecular weight is 633 g/mol. The number of thiazole rings is 2. The third-order valence-corrected chi connectivity index (χ3v) is 17.4. The number of hydrogen-bond donors (Lipinski definition) is 0. The van der Waals surface area contributed by atoms with Crippen molar-refractivity contribution in [1.82, 2.24) is 9.97 Å². The van der Waals surface area contributed by atoms with E-state index in [2.05, 4.69) is 160 Å². The first kappa shape index (κ1) is 28.1. The van der Waals surface area contributed by atoms with Crippen molar-refractivity contribution in [3.05, 3.63) is 161 Å². The van der Waals surface area contributed by atoms with E-state index in [1.807, 2.05) is 22.7 Å². The zero-order valence-electron chi connectivity index (χ0n) is 25.5. The molecular formula is C40H32N2S2Si. The molecule has 218 valence electrons. The van der Waals surface area contributed by atoms with Gasteiger partial charge in [0.1, 0.15) is 10.0 Å². The van der Waals surface area contributed by atoms with Crippen LogP contribution < -0.4 is 5.19 Å². The molecule has 0 amide bonds. The van der Waals surface area contributed by atoms with Crippen LogP contribution in [0.1, 0.15) is 41.9 Å². The van der Waals surface area contributed by atoms with Gasteiger partial charge < -0.3 is 0 Å². The summed E-state index contributed by atoms with van der Waals surface area (Å²) >= 11 is 3.66. The van der Waals surface area contributed by atoms with E-state index in [4.69, 9.17) is 9.97 Å². The summed E-state index contributed by atoms with van der Waals surface area (Å²) in [5, 5.41) is 6.27. The highest BCUT2D eigenvalue weighted by molar-refractivity contribution is 7.31. The maximum Gasteiger partial charge on any atom is 0.162 e. The van der Waals surface area contributed by atoms with Crippen molar-refractivity contribution in [3.63, 3.8) is 0 Å². The van der Waals surface area contributed by atoms with Crippen LogP contribution in [0.3, 0.4) is 0 Å². The van der Waals surface area contributed by atoms with Gasteiger partial charge in [-0.05, 0) is 67.2 Å². The maximum absolute atomic E-state index is 5.46. The van der Waals surface area contributed by atoms with E-state index in [1.165, 1.54) is 47.3 Å². The Morgan fingerprint density at radius 3 is 1.24 bits per heavy atom. The summed E-state index contributed by atoms with van der Waals surface area (Å²) in [6.45, 7) is 7.34. The largest absolute Gasteiger partial charge is 0.237 e. The van der Waals surface area contributed by atoms with E-state index in [0.717, 1.165) is 21.0 Å². The minimum atomic E-state index is -2.91. The zero-order chi connectivity index (χ0) is 30.6. The number of aromatic nitrogens is 2. The number of nitrogens with zero attached hydrogens (tertiary/aromatic N) is 2. The Balaban J connectivity index is 1.63. The fourth-order valence-corrected chi connectivity index (χ4v) is 16.2. The SMILES string of the molecule is CC(C)(C)[Si]1(c2ccccc2)C(c2nc3ccccc3s2)=C(c2ccccc2)C(c2ccccc2)=C1c1nc2ccccc2s1. The van der Waals surface area contributed by atoms with Crippen LogP contribution in [0, 0.1) is 0 Å². The van der Waals surface area contributed by atoms with Gasteiger partial charge in [0.25, 0.3) is 0 Å². The van der Waals surface area contributed by atoms with E-state index in [1.54, 1.807) is 0 Å². The highest BCUT2D eigenvalue weighted by Crippen LogP contribution is 2.63. The second-order valence-corrected chi connectivity index (χ2v) is 19.2. The normalized spacial score (nSPS) is 15.0. The number of benzene rings is 5. The molecule has 3 heterocycles. The number of fused-ring (bicyclic) bond motifs is 2. The minimum Gasteiger partial charge on any atom is -0.237 e. The summed E-state index contributed by atoms with van der Waals surface area (Å²) < 4.78 is 2.43. The molecule has 5 aromatic carbocycles. The zero-order valence-corrected chi connectivity index (χ0v) is 28.1. The second kappa shape index (κ2) is 10.9. The molecule has 2 aromatic heterocycles. The first-order valence-electron chi connectivity index (χ1n) is 15.3. The molecule has 0 atom stereocenters. The summed E-state index contributed by atoms with van der Waals surface area (Å²) in [4.78, 5) is 10.9. The maximum atomic E-state index is 5.46. The molecule has 7 aromatic rings. The molecule has 0 saturated carbocycles. The van der Waals surface area contributed by atoms with Crippen molar-refractivity contribution in [2.75, 3.05) is 0 Å². The van der Waals surface area contributed by atoms with Crippen molar-refractivity contribution in [2.45, 2.75) is 25.8 Å². The molecule has 1 aliphatic rings. The van der Waals surface area contributed by atoms with E-state index < -0.39 is 8.07 Å². The molecule has 0 spiro atoms. The molecule has 0 bridgehead atoms. The fraction of sp³-hybridized carbons (Fsp3) is 0.100. The van der Waals surface area contributed by atoms with Crippen molar-refractivity contribution in [2.24, 2.45) is 0 Å². The molecule has 45 heavy (non-hydrogen) atoms. The Morgan fingerprint density at radius 1 is 0.467 bits per heavy atom. The van der Waals surface area contributed by atoms with Crippen LogP contribution in [-0.2, 0) is 0 Å². The monoisotopic (exact) mass is 632 g/mol. The molecule has 1 aliphatic heterocycles. The van der Waals surface area contributed by atoms with Gasteiger partial charge in [0.15, 0.2) is 8.07 Å². The van der Waals surface area contributed by atoms with Gasteiger partial charge in [0.05, 0.1) is 20.4 Å². The number of hydrogen-bond acceptors (Lipinski definition) is 4. The Kier molecular flexibility index (Phi) is 6.79. The quantitative estimate of drug-likeness (QED) is 0.176. The van der Waals surface area contributed by atoms with E-state index >= 15 is 0 Å². The van der Waals surface area contributed by atoms with Gasteiger partial charge in [0.2, 0.25) is 0 Å². The summed E-state index contributed by atoms with van der Waals surface area (Å²) in [6, 6.07) is 50.5. The highest BCUT2D eigenvalue weighted by Gasteiger charge is 2.59. The molecule has 0 aliphatic carbocycles. The van der Waals surface area contributed by atoms with Gasteiger partial charge in [-0.2, -0.15) is 0 Å². The average Bonchev–Trinajstić information content (AvgIpc) is 3.78. The minimum absolute atomic E-state index is 0.134. The van der Waals surface area contributed by atoms with E-state index in [9.17, 15) is 0 Å². The predicted octanol–water partition coefficient (Wildman–Crippen LogP) is 10.7. The number of allylic oxidation sites excluding steroid dienone is 2. The third-order valence-electron chi connectivity index (χ3n) is 8.97. The van der Waals surface area contributed by atoms with Gasteiger partial charge >= 0.3 is 0 Å². The highest BCUT2D eigenvalue weighted by atomic mass is 32.1. The second-order valence-electron chi connectivity index (χ2n) is 12.6. The van der Waals surface area contributed by atoms with Crippen LogP contribution in [-0.4, -0.2) is 18.0 Å². The first-order chi connectivity index (χ1) is 22.0. The molecule has 5 heteroatoms. The lowest BCUT2D eigenvalue weighted by Crippen LogP contribution is -2.56. The lowest BCUT2D eigenvalue weighted by atomic mass is 9.91. The Bertz CT molecular complexity index is 2040. The van der Waals surface area contributed by atoms with Gasteiger partial charge in [-0.25, -0.2) is 9.97 Å². The van der Waals surface area contributed by atoms with Crippen LogP contribution in [0.5, 0.6) is 0 Å². The van der Waals surface area contributed by atoms with Crippen LogP contribution in [0.15, 0.2) is 140 Å². The predicted molar refractivity (Wildman–Crippen MR) is 197 cm³/mol. The lowest BCUT2D eigenvalue weighted by molar-refractivity contribution is 0.741. The lowest BCUT2D eigenvalue weighted by Gasteiger charge is -2.44. The number of para-hydroxylation sites is 2. The standard InChI is InChI=1S/C40H32N2S2Si/c1-40(2,3)45(29-21-11-6-12-22-29)36(38-41-30-23-13-15-25-32(30)43-38)34(27-17-7-4-8-18-27)35(28-19-9-5-10-20-28)37(45)39-42-31-24-14-16-26-33(31)44-39/h4-26H,1-3H3. The molecule has 8 rings (SSSR count). The molecule has 0 fully saturated rings. The van der Waals surface area contributed by atoms with Crippen molar-refractivity contribution < 1.29 is 0 Å². The van der Waals surface area contributed by atoms with Crippen molar-refractivity contribution >= 4 is 77.9 Å². The Morgan fingerprint density at radius 2 is 0.844 bits per heavy atom. The topological polar surface area (TPSA) is 25.8 Å². The fourth-order valence-electron chi connectivity index (χ4n) is 7.19. The molecular weight excluding hydrogens is 601 g/mol. The summed E-state index contributed by atoms with van der Waals surface area (Å²) in [5.74, 6) is 0. The van der Waals surface area contributed by atoms with Crippen molar-refractivity contribution in [3.8, 4) is 0 Å². The van der Waals surface area contributed by atoms with Crippen LogP contribution >= 0.6 is 22.7 Å². The first-order valence-corrected chi connectivity index (χ1v) is 19.0. The van der Waals surface area contributed by atoms with Gasteiger partial charge in [0, 0.05) is 0 Å². The molecule has 0 N–H and O–H groups in total. The Labute approximate surface area is 273 Å². The van der Waals surface area contributed by atoms with Gasteiger partial charge in [-0.3, -0.25) is 0 Å². The molecule has 2 nitrogen and oxygen atoms in total. The van der Waals surface area contributed by atoms with Gasteiger partial charge in [-0.1, -0.05) is 136 Å². The summed E-state index contributed by atoms with van der Waals surface area (Å²) in [5.41, 5.74) is 7.13. The van der Waals surface area contributed by atoms with E-state index in [-0.39, 0.29) is 5.04 Å². The van der Waals surface area contributed by atoms with Crippen LogP contribution in [0.4, 0.5) is 0 Å². The summed E-state index contributed by atoms with van der Waals surface area (Å²) in [6.07, 6.45) is 0. The number of rotatable bonds is 5. The molecule has 0 saturated heterocycles. The van der Waals surface area contributed by atoms with Crippen molar-refractivity contribution in [1.29, 1.82) is 0 Å². The molecule has 0 unspecified atom stereocenters. The van der Waals surface area contributed by atoms with Crippen LogP contribution in [0.25, 0.3) is 42.0 Å². The van der Waals surface area contributed by atoms with E-state index in [0.29, 0.717) is 0 Å². The summed E-state index contributed by atoms with van der Waals surface area (Å²) in [7, 11) is -2.91. The third kappa shape index (κ3) is 4.41. The smallest absolute Gasteiger partial charge is 0.162 e. The molecule has 0 radical (unpaired) electrons. The van der Waals surface area contributed by atoms with Crippen LogP contribution in [0.2, 0.25) is 5.04 Å². The Hall–Kier alpha value is -4.42. The van der Waals surface area contributed by atoms with Gasteiger partial charge in [-0.15, -0.1) is 22.7 Å².